The van der Waals surface area contributed by atoms with Gasteiger partial charge in [0, 0.05) is 45.5 Å². The first-order valence-electron chi connectivity index (χ1n) is 13.9. The molecule has 0 bridgehead atoms. The van der Waals surface area contributed by atoms with Gasteiger partial charge in [0.1, 0.15) is 11.4 Å². The van der Waals surface area contributed by atoms with E-state index < -0.39 is 11.2 Å². The number of anilines is 1. The number of nitrogens with zero attached hydrogens (tertiary/aromatic N) is 3. The van der Waals surface area contributed by atoms with Crippen molar-refractivity contribution in [3.05, 3.63) is 22.7 Å². The van der Waals surface area contributed by atoms with Crippen molar-refractivity contribution in [1.29, 1.82) is 0 Å². The predicted octanol–water partition coefficient (Wildman–Crippen LogP) is 5.52. The Morgan fingerprint density at radius 1 is 1.28 bits per heavy atom. The summed E-state index contributed by atoms with van der Waals surface area (Å²) in [6, 6.07) is 2.96. The number of methoxy groups -OCH3 is 1. The first kappa shape index (κ1) is 31.0. The summed E-state index contributed by atoms with van der Waals surface area (Å²) < 4.78 is 16.9. The quantitative estimate of drug-likeness (QED) is 0.386. The molecular formula is C29H44ClN3O6. The minimum atomic E-state index is -1.02. The minimum absolute atomic E-state index is 0.146. The van der Waals surface area contributed by atoms with E-state index >= 15 is 0 Å². The van der Waals surface area contributed by atoms with Gasteiger partial charge in [-0.05, 0) is 73.3 Å². The Bertz CT molecular complexity index is 1070. The highest BCUT2D eigenvalue weighted by Crippen LogP contribution is 2.42. The van der Waals surface area contributed by atoms with E-state index in [0.29, 0.717) is 56.1 Å². The zero-order valence-corrected chi connectivity index (χ0v) is 25.4. The number of ether oxygens (including phenoxy) is 3. The monoisotopic (exact) mass is 565 g/mol. The predicted molar refractivity (Wildman–Crippen MR) is 152 cm³/mol. The summed E-state index contributed by atoms with van der Waals surface area (Å²) in [7, 11) is 1.62. The molecule has 0 N–H and O–H groups in total. The maximum absolute atomic E-state index is 14.1. The van der Waals surface area contributed by atoms with Crippen LogP contribution in [0, 0.1) is 0 Å². The zero-order valence-electron chi connectivity index (χ0n) is 24.6. The molecule has 1 unspecified atom stereocenters. The second-order valence-electron chi connectivity index (χ2n) is 11.8. The van der Waals surface area contributed by atoms with Crippen LogP contribution < -0.4 is 9.64 Å². The van der Waals surface area contributed by atoms with Crippen molar-refractivity contribution in [3.8, 4) is 5.75 Å². The molecule has 9 nitrogen and oxygen atoms in total. The number of carbonyl (C=O) groups excluding carboxylic acids is 3. The highest BCUT2D eigenvalue weighted by Gasteiger charge is 2.44. The number of halogens is 1. The van der Waals surface area contributed by atoms with Crippen molar-refractivity contribution in [2.45, 2.75) is 97.4 Å². The molecule has 10 heteroatoms. The number of hydrogen-bond acceptors (Lipinski definition) is 6. The van der Waals surface area contributed by atoms with E-state index in [0.717, 1.165) is 12.8 Å². The second kappa shape index (κ2) is 12.3. The molecule has 0 aliphatic carbocycles. The van der Waals surface area contributed by atoms with Gasteiger partial charge in [-0.25, -0.2) is 4.79 Å². The lowest BCUT2D eigenvalue weighted by molar-refractivity contribution is -0.134. The van der Waals surface area contributed by atoms with E-state index in [1.54, 1.807) is 40.9 Å². The van der Waals surface area contributed by atoms with Gasteiger partial charge in [-0.15, -0.1) is 0 Å². The van der Waals surface area contributed by atoms with Crippen LogP contribution in [0.4, 0.5) is 10.5 Å². The van der Waals surface area contributed by atoms with E-state index in [4.69, 9.17) is 25.8 Å². The van der Waals surface area contributed by atoms with Crippen molar-refractivity contribution in [1.82, 2.24) is 9.80 Å². The van der Waals surface area contributed by atoms with E-state index in [1.807, 2.05) is 41.5 Å². The molecule has 1 fully saturated rings. The third-order valence-electron chi connectivity index (χ3n) is 7.24. The molecule has 1 saturated heterocycles. The molecule has 0 saturated carbocycles. The Morgan fingerprint density at radius 2 is 1.97 bits per heavy atom. The maximum atomic E-state index is 14.1. The van der Waals surface area contributed by atoms with Crippen LogP contribution in [0.5, 0.6) is 5.75 Å². The van der Waals surface area contributed by atoms with Gasteiger partial charge in [0.15, 0.2) is 5.60 Å². The van der Waals surface area contributed by atoms with Gasteiger partial charge in [-0.1, -0.05) is 18.5 Å². The number of piperidine rings is 1. The molecular weight excluding hydrogens is 522 g/mol. The smallest absolute Gasteiger partial charge is 0.410 e. The van der Waals surface area contributed by atoms with Crippen LogP contribution in [0.1, 0.15) is 84.5 Å². The average molecular weight is 566 g/mol. The van der Waals surface area contributed by atoms with Gasteiger partial charge in [-0.2, -0.15) is 0 Å². The summed E-state index contributed by atoms with van der Waals surface area (Å²) >= 11 is 6.71. The van der Waals surface area contributed by atoms with E-state index in [1.165, 1.54) is 0 Å². The Balaban J connectivity index is 1.94. The minimum Gasteiger partial charge on any atom is -0.475 e. The Morgan fingerprint density at radius 3 is 2.56 bits per heavy atom. The van der Waals surface area contributed by atoms with E-state index in [9.17, 15) is 14.4 Å². The van der Waals surface area contributed by atoms with Crippen LogP contribution in [-0.4, -0.2) is 84.3 Å². The number of hydrogen-bond donors (Lipinski definition) is 0. The number of likely N-dealkylation sites (tertiary alicyclic amines) is 1. The number of fused-ring (bicyclic) bond motifs is 1. The first-order chi connectivity index (χ1) is 18.2. The number of rotatable bonds is 8. The lowest BCUT2D eigenvalue weighted by Crippen LogP contribution is -2.55. The van der Waals surface area contributed by atoms with Crippen molar-refractivity contribution in [2.75, 3.05) is 38.3 Å². The summed E-state index contributed by atoms with van der Waals surface area (Å²) in [5.74, 6) is 0.0695. The van der Waals surface area contributed by atoms with Gasteiger partial charge in [0.05, 0.1) is 22.3 Å². The third kappa shape index (κ3) is 6.98. The van der Waals surface area contributed by atoms with Crippen molar-refractivity contribution in [2.24, 2.45) is 0 Å². The van der Waals surface area contributed by atoms with E-state index in [2.05, 4.69) is 0 Å². The van der Waals surface area contributed by atoms with Gasteiger partial charge >= 0.3 is 6.09 Å². The summed E-state index contributed by atoms with van der Waals surface area (Å²) in [4.78, 5) is 45.5. The Hall–Kier alpha value is -2.52. The molecule has 3 rings (SSSR count). The van der Waals surface area contributed by atoms with Crippen molar-refractivity contribution in [3.63, 3.8) is 0 Å². The van der Waals surface area contributed by atoms with Crippen LogP contribution >= 0.6 is 11.6 Å². The highest BCUT2D eigenvalue weighted by atomic mass is 35.5. The molecule has 3 amide bonds. The van der Waals surface area contributed by atoms with Crippen LogP contribution in [0.15, 0.2) is 12.1 Å². The molecule has 0 spiro atoms. The van der Waals surface area contributed by atoms with Gasteiger partial charge in [0.2, 0.25) is 0 Å². The topological polar surface area (TPSA) is 88.6 Å². The summed E-state index contributed by atoms with van der Waals surface area (Å²) in [5, 5.41) is 0.258. The fourth-order valence-electron chi connectivity index (χ4n) is 5.13. The lowest BCUT2D eigenvalue weighted by Gasteiger charge is -2.42. The molecule has 2 heterocycles. The lowest BCUT2D eigenvalue weighted by atomic mass is 9.96. The molecule has 2 atom stereocenters. The van der Waals surface area contributed by atoms with Crippen LogP contribution in [0.25, 0.3) is 0 Å². The third-order valence-corrected chi connectivity index (χ3v) is 7.55. The zero-order chi connectivity index (χ0) is 29.1. The fourth-order valence-corrected chi connectivity index (χ4v) is 5.36. The molecule has 218 valence electrons. The second-order valence-corrected chi connectivity index (χ2v) is 12.2. The molecule has 1 aromatic rings. The Kier molecular flexibility index (Phi) is 9.81. The number of benzene rings is 1. The van der Waals surface area contributed by atoms with Crippen molar-refractivity contribution >= 4 is 35.2 Å². The van der Waals surface area contributed by atoms with Gasteiger partial charge in [0.25, 0.3) is 11.8 Å². The molecule has 2 aliphatic rings. The SMILES string of the molecule is CCC1(C)Oc2cc(Cl)c(C(=O)N(C(C)C)[C@@H]3CCCN(C(=O)OC(C)(C)C)C3)cc2N(CCCOC)C1=O. The molecule has 1 aromatic carbocycles. The average Bonchev–Trinajstić information content (AvgIpc) is 2.85. The number of carbonyl (C=O) groups is 3. The normalized spacial score (nSPS) is 21.5. The van der Waals surface area contributed by atoms with Crippen molar-refractivity contribution < 1.29 is 28.6 Å². The largest absolute Gasteiger partial charge is 0.475 e. The summed E-state index contributed by atoms with van der Waals surface area (Å²) in [6.07, 6.45) is 2.25. The van der Waals surface area contributed by atoms with Gasteiger partial charge < -0.3 is 28.9 Å². The van der Waals surface area contributed by atoms with Gasteiger partial charge in [-0.3, -0.25) is 9.59 Å². The molecule has 0 aromatic heterocycles. The maximum Gasteiger partial charge on any atom is 0.410 e. The number of amides is 3. The standard InChI is InChI=1S/C29H44ClN3O6/c1-9-29(7)26(35)32(14-11-15-37-8)23-16-21(22(30)17-24(23)38-29)25(34)33(19(2)3)20-12-10-13-31(18-20)27(36)39-28(4,5)6/h16-17,19-20H,9-15,18H2,1-8H3/t20-,29?/m1/s1. The van der Waals surface area contributed by atoms with Crippen LogP contribution in [0.3, 0.4) is 0 Å². The molecule has 39 heavy (non-hydrogen) atoms. The van der Waals surface area contributed by atoms with Crippen LogP contribution in [-0.2, 0) is 14.3 Å². The highest BCUT2D eigenvalue weighted by molar-refractivity contribution is 6.34. The molecule has 0 radical (unpaired) electrons. The first-order valence-corrected chi connectivity index (χ1v) is 14.2. The summed E-state index contributed by atoms with van der Waals surface area (Å²) in [6.45, 7) is 15.0. The fraction of sp³-hybridized carbons (Fsp3) is 0.690. The molecule has 2 aliphatic heterocycles. The van der Waals surface area contributed by atoms with Crippen LogP contribution in [0.2, 0.25) is 5.02 Å². The van der Waals surface area contributed by atoms with E-state index in [-0.39, 0.29) is 35.0 Å². The Labute approximate surface area is 237 Å². The summed E-state index contributed by atoms with van der Waals surface area (Å²) in [5.41, 5.74) is -0.799.